The van der Waals surface area contributed by atoms with Crippen LogP contribution in [0.3, 0.4) is 0 Å². The zero-order valence-corrected chi connectivity index (χ0v) is 17.1. The molecule has 0 bridgehead atoms. The van der Waals surface area contributed by atoms with Gasteiger partial charge in [0, 0.05) is 27.9 Å². The molecule has 1 amide bonds. The Labute approximate surface area is 160 Å². The van der Waals surface area contributed by atoms with Crippen LogP contribution in [-0.4, -0.2) is 91.2 Å². The molecule has 0 aliphatic rings. The molecule has 2 atom stereocenters. The molecule has 27 heavy (non-hydrogen) atoms. The number of hydrogen-bond donors (Lipinski definition) is 2. The second kappa shape index (κ2) is 17.3. The highest BCUT2D eigenvalue weighted by Crippen LogP contribution is 2.41. The molecule has 0 aromatic carbocycles. The smallest absolute Gasteiger partial charge is 0.447 e. The standard InChI is InChI=1S/C15H32NO10P/c1-20-8-10-23-12-14(24-11-9-21-2)13-25-15(17)16-6-4-5-7-26-27(18,19)22-3/h14H,4-13H2,1-3H3,(H,16,17)(H,18,19). The molecule has 0 radical (unpaired) electrons. The number of phosphoric acid groups is 1. The topological polar surface area (TPSA) is 131 Å². The Morgan fingerprint density at radius 3 is 2.37 bits per heavy atom. The SMILES string of the molecule is COCCOCC(COC(=O)NCCCCOP(=O)(O)OC)OCCOC. The van der Waals surface area contributed by atoms with Gasteiger partial charge in [0.25, 0.3) is 0 Å². The minimum atomic E-state index is -3.94. The van der Waals surface area contributed by atoms with Crippen molar-refractivity contribution >= 4 is 13.9 Å². The average Bonchev–Trinajstić information content (AvgIpc) is 2.65. The van der Waals surface area contributed by atoms with Gasteiger partial charge in [0.1, 0.15) is 12.7 Å². The third-order valence-corrected chi connectivity index (χ3v) is 4.07. The lowest BCUT2D eigenvalue weighted by Gasteiger charge is -2.18. The molecule has 2 unspecified atom stereocenters. The molecule has 0 saturated heterocycles. The largest absolute Gasteiger partial charge is 0.471 e. The first-order valence-electron chi connectivity index (χ1n) is 8.56. The lowest BCUT2D eigenvalue weighted by Crippen LogP contribution is -2.33. The van der Waals surface area contributed by atoms with Crippen molar-refractivity contribution in [2.75, 3.05) is 74.1 Å². The van der Waals surface area contributed by atoms with Crippen molar-refractivity contribution < 1.29 is 47.0 Å². The van der Waals surface area contributed by atoms with Gasteiger partial charge in [-0.05, 0) is 12.8 Å². The van der Waals surface area contributed by atoms with E-state index in [4.69, 9.17) is 28.6 Å². The number of methoxy groups -OCH3 is 2. The fraction of sp³-hybridized carbons (Fsp3) is 0.933. The maximum atomic E-state index is 11.7. The van der Waals surface area contributed by atoms with Crippen molar-refractivity contribution in [2.45, 2.75) is 18.9 Å². The summed E-state index contributed by atoms with van der Waals surface area (Å²) in [6, 6.07) is 0. The zero-order chi connectivity index (χ0) is 20.4. The summed E-state index contributed by atoms with van der Waals surface area (Å²) in [7, 11) is 0.293. The van der Waals surface area contributed by atoms with E-state index in [0.717, 1.165) is 7.11 Å². The van der Waals surface area contributed by atoms with Crippen molar-refractivity contribution in [1.29, 1.82) is 0 Å². The molecule has 0 saturated carbocycles. The molecule has 2 N–H and O–H groups in total. The average molecular weight is 417 g/mol. The van der Waals surface area contributed by atoms with Gasteiger partial charge in [0.05, 0.1) is 39.6 Å². The normalized spacial score (nSPS) is 14.5. The molecule has 162 valence electrons. The minimum Gasteiger partial charge on any atom is -0.447 e. The van der Waals surface area contributed by atoms with Crippen LogP contribution in [0.15, 0.2) is 0 Å². The quantitative estimate of drug-likeness (QED) is 0.245. The van der Waals surface area contributed by atoms with Gasteiger partial charge in [-0.25, -0.2) is 9.36 Å². The summed E-state index contributed by atoms with van der Waals surface area (Å²) in [5.41, 5.74) is 0. The fourth-order valence-electron chi connectivity index (χ4n) is 1.67. The Kier molecular flexibility index (Phi) is 16.8. The predicted octanol–water partition coefficient (Wildman–Crippen LogP) is 0.951. The van der Waals surface area contributed by atoms with E-state index < -0.39 is 20.0 Å². The van der Waals surface area contributed by atoms with E-state index in [0.29, 0.717) is 45.8 Å². The van der Waals surface area contributed by atoms with Crippen LogP contribution in [0.5, 0.6) is 0 Å². The van der Waals surface area contributed by atoms with Gasteiger partial charge in [0.2, 0.25) is 0 Å². The van der Waals surface area contributed by atoms with Gasteiger partial charge in [-0.2, -0.15) is 0 Å². The summed E-state index contributed by atoms with van der Waals surface area (Å²) in [5.74, 6) is 0. The Morgan fingerprint density at radius 2 is 1.70 bits per heavy atom. The Hall–Kier alpha value is -0.780. The fourth-order valence-corrected chi connectivity index (χ4v) is 2.13. The molecule has 0 fully saturated rings. The van der Waals surface area contributed by atoms with Gasteiger partial charge in [-0.3, -0.25) is 9.05 Å². The molecule has 0 aliphatic carbocycles. The van der Waals surface area contributed by atoms with Crippen molar-refractivity contribution in [3.05, 3.63) is 0 Å². The zero-order valence-electron chi connectivity index (χ0n) is 16.2. The Morgan fingerprint density at radius 1 is 1.00 bits per heavy atom. The first-order chi connectivity index (χ1) is 12.9. The van der Waals surface area contributed by atoms with E-state index in [1.807, 2.05) is 0 Å². The first-order valence-corrected chi connectivity index (χ1v) is 10.1. The summed E-state index contributed by atoms with van der Waals surface area (Å²) in [5, 5.41) is 2.57. The summed E-state index contributed by atoms with van der Waals surface area (Å²) >= 11 is 0. The van der Waals surface area contributed by atoms with Crippen molar-refractivity contribution in [3.8, 4) is 0 Å². The molecule has 0 spiro atoms. The van der Waals surface area contributed by atoms with Crippen LogP contribution in [0, 0.1) is 0 Å². The molecule has 0 rings (SSSR count). The van der Waals surface area contributed by atoms with E-state index in [1.165, 1.54) is 0 Å². The van der Waals surface area contributed by atoms with Crippen molar-refractivity contribution in [3.63, 3.8) is 0 Å². The van der Waals surface area contributed by atoms with Gasteiger partial charge < -0.3 is 33.9 Å². The molecule has 0 aliphatic heterocycles. The lowest BCUT2D eigenvalue weighted by molar-refractivity contribution is -0.0624. The lowest BCUT2D eigenvalue weighted by atomic mass is 10.3. The van der Waals surface area contributed by atoms with Crippen molar-refractivity contribution in [2.24, 2.45) is 0 Å². The number of alkyl carbamates (subject to hydrolysis) is 1. The van der Waals surface area contributed by atoms with Crippen molar-refractivity contribution in [1.82, 2.24) is 5.32 Å². The van der Waals surface area contributed by atoms with Gasteiger partial charge in [-0.15, -0.1) is 0 Å². The van der Waals surface area contributed by atoms with Crippen LogP contribution < -0.4 is 5.32 Å². The maximum Gasteiger partial charge on any atom is 0.471 e. The Bertz CT molecular complexity index is 412. The van der Waals surface area contributed by atoms with Crippen LogP contribution in [0.1, 0.15) is 12.8 Å². The van der Waals surface area contributed by atoms with Gasteiger partial charge in [0.15, 0.2) is 0 Å². The van der Waals surface area contributed by atoms with Crippen LogP contribution >= 0.6 is 7.82 Å². The summed E-state index contributed by atoms with van der Waals surface area (Å²) in [6.45, 7) is 2.34. The number of amides is 1. The highest BCUT2D eigenvalue weighted by molar-refractivity contribution is 7.47. The molecule has 0 heterocycles. The predicted molar refractivity (Wildman–Crippen MR) is 95.7 cm³/mol. The van der Waals surface area contributed by atoms with E-state index in [9.17, 15) is 9.36 Å². The number of unbranched alkanes of at least 4 members (excludes halogenated alkanes) is 1. The van der Waals surface area contributed by atoms with Crippen LogP contribution in [0.2, 0.25) is 0 Å². The van der Waals surface area contributed by atoms with Crippen LogP contribution in [0.25, 0.3) is 0 Å². The molecule has 0 aromatic heterocycles. The molecule has 0 aromatic rings. The number of carbonyl (C=O) groups is 1. The van der Waals surface area contributed by atoms with Gasteiger partial charge >= 0.3 is 13.9 Å². The van der Waals surface area contributed by atoms with Crippen LogP contribution in [0.4, 0.5) is 4.79 Å². The monoisotopic (exact) mass is 417 g/mol. The number of ether oxygens (including phenoxy) is 5. The summed E-state index contributed by atoms with van der Waals surface area (Å²) in [4.78, 5) is 20.7. The molecular formula is C15H32NO10P. The van der Waals surface area contributed by atoms with Crippen LogP contribution in [-0.2, 0) is 37.3 Å². The number of phosphoric ester groups is 1. The highest BCUT2D eigenvalue weighted by atomic mass is 31.2. The molecular weight excluding hydrogens is 385 g/mol. The summed E-state index contributed by atoms with van der Waals surface area (Å²) in [6.07, 6.45) is 0.0264. The van der Waals surface area contributed by atoms with E-state index in [-0.39, 0.29) is 19.8 Å². The molecule has 11 nitrogen and oxygen atoms in total. The number of nitrogens with one attached hydrogen (secondary N) is 1. The third-order valence-electron chi connectivity index (χ3n) is 3.10. The van der Waals surface area contributed by atoms with E-state index in [1.54, 1.807) is 14.2 Å². The number of carbonyl (C=O) groups excluding carboxylic acids is 1. The number of hydrogen-bond acceptors (Lipinski definition) is 9. The molecule has 12 heteroatoms. The highest BCUT2D eigenvalue weighted by Gasteiger charge is 2.17. The Balaban J connectivity index is 3.87. The first kappa shape index (κ1) is 26.2. The maximum absolute atomic E-state index is 11.7. The minimum absolute atomic E-state index is 0.0349. The third kappa shape index (κ3) is 17.1. The van der Waals surface area contributed by atoms with E-state index in [2.05, 4.69) is 14.4 Å². The van der Waals surface area contributed by atoms with E-state index >= 15 is 0 Å². The summed E-state index contributed by atoms with van der Waals surface area (Å²) < 4.78 is 45.8. The second-order valence-corrected chi connectivity index (χ2v) is 6.83. The van der Waals surface area contributed by atoms with Gasteiger partial charge in [-0.1, -0.05) is 0 Å². The second-order valence-electron chi connectivity index (χ2n) is 5.27. The number of rotatable bonds is 18.